The summed E-state index contributed by atoms with van der Waals surface area (Å²) in [5.41, 5.74) is 1.28. The summed E-state index contributed by atoms with van der Waals surface area (Å²) in [6.45, 7) is 17.0. The van der Waals surface area contributed by atoms with Gasteiger partial charge in [-0.2, -0.15) is 0 Å². The molecule has 0 N–H and O–H groups in total. The lowest BCUT2D eigenvalue weighted by Crippen LogP contribution is -2.59. The second kappa shape index (κ2) is 11.8. The largest absolute Gasteiger partial charge is 0.420 e. The van der Waals surface area contributed by atoms with Crippen molar-refractivity contribution >= 4 is 45.2 Å². The van der Waals surface area contributed by atoms with Crippen LogP contribution in [0.5, 0.6) is 0 Å². The lowest BCUT2D eigenvalue weighted by atomic mass is 10.4. The molecule has 2 rings (SSSR count). The van der Waals surface area contributed by atoms with Gasteiger partial charge < -0.3 is 25.9 Å². The molecule has 6 nitrogen and oxygen atoms in total. The van der Waals surface area contributed by atoms with Crippen LogP contribution in [0, 0.1) is 0 Å². The summed E-state index contributed by atoms with van der Waals surface area (Å²) in [6, 6.07) is 4.31. The van der Waals surface area contributed by atoms with Crippen LogP contribution < -0.4 is 0 Å². The molecule has 2 aliphatic rings. The van der Waals surface area contributed by atoms with Gasteiger partial charge in [0, 0.05) is 16.1 Å². The predicted molar refractivity (Wildman–Crippen MR) is 123 cm³/mol. The van der Waals surface area contributed by atoms with Crippen molar-refractivity contribution < 1.29 is 25.9 Å². The number of hydrogen-bond acceptors (Lipinski definition) is 6. The molecule has 0 aromatic carbocycles. The van der Waals surface area contributed by atoms with Gasteiger partial charge in [0.1, 0.15) is 6.10 Å². The van der Waals surface area contributed by atoms with Gasteiger partial charge in [-0.25, -0.2) is 0 Å². The number of rotatable bonds is 12. The van der Waals surface area contributed by atoms with Gasteiger partial charge in [0.05, 0.1) is 13.2 Å². The van der Waals surface area contributed by atoms with Gasteiger partial charge in [-0.05, 0) is 57.7 Å². The van der Waals surface area contributed by atoms with Gasteiger partial charge >= 0.3 is 17.1 Å². The first-order valence-electron chi connectivity index (χ1n) is 10.5. The maximum Gasteiger partial charge on any atom is 0.317 e. The molecule has 0 bridgehead atoms. The Kier molecular flexibility index (Phi) is 10.5. The van der Waals surface area contributed by atoms with E-state index in [0.717, 1.165) is 53.7 Å². The molecule has 0 aromatic heterocycles. The Hall–Kier alpha value is 0.584. The van der Waals surface area contributed by atoms with Gasteiger partial charge in [-0.3, -0.25) is 0 Å². The van der Waals surface area contributed by atoms with E-state index in [1.807, 2.05) is 0 Å². The van der Waals surface area contributed by atoms with Gasteiger partial charge in [0.2, 0.25) is 0 Å². The van der Waals surface area contributed by atoms with Crippen molar-refractivity contribution in [3.8, 4) is 0 Å². The third-order valence-electron chi connectivity index (χ3n) is 4.68. The maximum atomic E-state index is 6.80. The first-order chi connectivity index (χ1) is 13.2. The molecule has 11 heteroatoms. The molecule has 2 saturated heterocycles. The minimum Gasteiger partial charge on any atom is -0.420 e. The van der Waals surface area contributed by atoms with E-state index in [1.54, 1.807) is 0 Å². The molecule has 28 heavy (non-hydrogen) atoms. The van der Waals surface area contributed by atoms with Crippen LogP contribution in [0.1, 0.15) is 19.8 Å². The van der Waals surface area contributed by atoms with Crippen LogP contribution in [-0.2, 0) is 25.9 Å². The fourth-order valence-electron chi connectivity index (χ4n) is 3.46. The molecule has 2 fully saturated rings. The lowest BCUT2D eigenvalue weighted by molar-refractivity contribution is 0.115. The van der Waals surface area contributed by atoms with E-state index in [0.29, 0.717) is 12.7 Å². The molecule has 2 radical (unpaired) electrons. The summed E-state index contributed by atoms with van der Waals surface area (Å²) in [5, 5.41) is 0. The molecule has 5 atom stereocenters. The van der Waals surface area contributed by atoms with Crippen LogP contribution >= 0.6 is 0 Å². The highest BCUT2D eigenvalue weighted by atomic mass is 28.5. The fourth-order valence-corrected chi connectivity index (χ4v) is 22.3. The molecule has 0 aromatic rings. The molecule has 5 unspecified atom stereocenters. The highest BCUT2D eigenvalue weighted by molar-refractivity contribution is 6.86. The van der Waals surface area contributed by atoms with Crippen LogP contribution in [0.25, 0.3) is 0 Å². The summed E-state index contributed by atoms with van der Waals surface area (Å²) in [6.07, 6.45) is 2.43. The first-order valence-corrected chi connectivity index (χ1v) is 21.1. The molecular formula is C17H38O6Si5. The van der Waals surface area contributed by atoms with Crippen LogP contribution in [-0.4, -0.2) is 71.1 Å². The van der Waals surface area contributed by atoms with Crippen LogP contribution in [0.4, 0.5) is 0 Å². The van der Waals surface area contributed by atoms with E-state index < -0.39 is 35.7 Å². The van der Waals surface area contributed by atoms with Crippen molar-refractivity contribution in [3.05, 3.63) is 12.2 Å². The van der Waals surface area contributed by atoms with E-state index >= 15 is 0 Å². The Labute approximate surface area is 179 Å². The third kappa shape index (κ3) is 10.1. The fraction of sp³-hybridized carbons (Fsp3) is 0.882. The Bertz CT molecular complexity index is 497. The average Bonchev–Trinajstić information content (AvgIpc) is 3.36. The van der Waals surface area contributed by atoms with Crippen molar-refractivity contribution in [1.82, 2.24) is 0 Å². The van der Waals surface area contributed by atoms with Crippen molar-refractivity contribution in [2.24, 2.45) is 0 Å². The molecule has 0 spiro atoms. The highest BCUT2D eigenvalue weighted by Crippen LogP contribution is 2.30. The van der Waals surface area contributed by atoms with Gasteiger partial charge in [-0.1, -0.05) is 18.0 Å². The zero-order chi connectivity index (χ0) is 20.6. The van der Waals surface area contributed by atoms with Crippen LogP contribution in [0.15, 0.2) is 12.2 Å². The summed E-state index contributed by atoms with van der Waals surface area (Å²) in [4.78, 5) is 0. The van der Waals surface area contributed by atoms with E-state index in [1.165, 1.54) is 11.6 Å². The summed E-state index contributed by atoms with van der Waals surface area (Å²) in [7, 11) is -7.04. The van der Waals surface area contributed by atoms with Crippen molar-refractivity contribution in [1.29, 1.82) is 0 Å². The minimum absolute atomic E-state index is 0.323. The summed E-state index contributed by atoms with van der Waals surface area (Å²) >= 11 is 0. The lowest BCUT2D eigenvalue weighted by Gasteiger charge is -2.43. The predicted octanol–water partition coefficient (Wildman–Crippen LogP) is 3.22. The van der Waals surface area contributed by atoms with E-state index in [2.05, 4.69) is 39.7 Å². The Morgan fingerprint density at radius 1 is 1.14 bits per heavy atom. The maximum absolute atomic E-state index is 6.80. The smallest absolute Gasteiger partial charge is 0.317 e. The number of hydrogen-bond donors (Lipinski definition) is 0. The zero-order valence-electron chi connectivity index (χ0n) is 18.3. The molecular weight excluding hydrogens is 441 g/mol. The Morgan fingerprint density at radius 2 is 1.75 bits per heavy atom. The molecule has 0 aliphatic carbocycles. The number of allylic oxidation sites excluding steroid dienone is 1. The van der Waals surface area contributed by atoms with Crippen LogP contribution in [0.2, 0.25) is 50.4 Å². The zero-order valence-corrected chi connectivity index (χ0v) is 23.6. The minimum atomic E-state index is -2.32. The van der Waals surface area contributed by atoms with Crippen LogP contribution in [0.3, 0.4) is 0 Å². The molecule has 2 aliphatic heterocycles. The average molecular weight is 479 g/mol. The monoisotopic (exact) mass is 478 g/mol. The highest BCUT2D eigenvalue weighted by Gasteiger charge is 2.46. The molecule has 0 saturated carbocycles. The topological polar surface area (TPSA) is 58.7 Å². The second-order valence-corrected chi connectivity index (χ2v) is 21.2. The number of ether oxygens (including phenoxy) is 2. The molecule has 162 valence electrons. The second-order valence-electron chi connectivity index (χ2n) is 8.25. The quantitative estimate of drug-likeness (QED) is 0.186. The van der Waals surface area contributed by atoms with Gasteiger partial charge in [0.25, 0.3) is 18.6 Å². The van der Waals surface area contributed by atoms with Crippen molar-refractivity contribution in [3.63, 3.8) is 0 Å². The van der Waals surface area contributed by atoms with Gasteiger partial charge in [-0.15, -0.1) is 6.58 Å². The Morgan fingerprint density at radius 3 is 2.32 bits per heavy atom. The number of epoxide rings is 1. The Balaban J connectivity index is 1.85. The molecule has 0 amide bonds. The summed E-state index contributed by atoms with van der Waals surface area (Å²) < 4.78 is 36.8. The van der Waals surface area contributed by atoms with Crippen molar-refractivity contribution in [2.45, 2.75) is 76.2 Å². The van der Waals surface area contributed by atoms with E-state index in [-0.39, 0.29) is 0 Å². The summed E-state index contributed by atoms with van der Waals surface area (Å²) in [5.74, 6) is 0. The normalized spacial score (nSPS) is 36.0. The van der Waals surface area contributed by atoms with E-state index in [4.69, 9.17) is 25.9 Å². The standard InChI is InChI=1S/C17H38O6Si5/c1-16(2)15-24-10-8-12-28(6)22-26(4)20-25(3)21-27(5,23-28)11-7-9-18-13-17-14-19-17/h17,25-26H,1,7-15H2,2-6H3. The third-order valence-corrected chi connectivity index (χ3v) is 21.9. The van der Waals surface area contributed by atoms with E-state index in [9.17, 15) is 0 Å². The SMILES string of the molecule is C=C(C)C[Si]CCC[Si]1(C)O[SiH](C)O[SiH](C)O[Si](C)(CCCOCC2CO2)O1. The molecule has 2 heterocycles. The van der Waals surface area contributed by atoms with Crippen molar-refractivity contribution in [2.75, 3.05) is 19.8 Å². The van der Waals surface area contributed by atoms with Gasteiger partial charge in [0.15, 0.2) is 0 Å². The first kappa shape index (κ1) is 24.9.